The fourth-order valence-corrected chi connectivity index (χ4v) is 0.777. The molecule has 0 saturated heterocycles. The molecule has 1 aromatic carbocycles. The van der Waals surface area contributed by atoms with Gasteiger partial charge in [0.05, 0.1) is 0 Å². The lowest BCUT2D eigenvalue weighted by molar-refractivity contribution is 0.500. The predicted molar refractivity (Wildman–Crippen MR) is 37.4 cm³/mol. The molecule has 0 unspecified atom stereocenters. The van der Waals surface area contributed by atoms with Gasteiger partial charge in [-0.05, 0) is 30.7 Å². The van der Waals surface area contributed by atoms with Gasteiger partial charge in [-0.3, -0.25) is 0 Å². The SMILES string of the molecule is Cc1cc(F)ccc1OC#N. The second-order valence-corrected chi connectivity index (χ2v) is 2.10. The average molecular weight is 151 g/mol. The lowest BCUT2D eigenvalue weighted by Crippen LogP contribution is -1.86. The van der Waals surface area contributed by atoms with Crippen LogP contribution in [0.15, 0.2) is 18.2 Å². The van der Waals surface area contributed by atoms with Crippen molar-refractivity contribution in [2.75, 3.05) is 0 Å². The zero-order chi connectivity index (χ0) is 8.27. The fourth-order valence-electron chi connectivity index (χ4n) is 0.777. The van der Waals surface area contributed by atoms with Crippen LogP contribution in [0.2, 0.25) is 0 Å². The lowest BCUT2D eigenvalue weighted by atomic mass is 10.2. The summed E-state index contributed by atoms with van der Waals surface area (Å²) >= 11 is 0. The number of benzene rings is 1. The number of hydrogen-bond donors (Lipinski definition) is 0. The van der Waals surface area contributed by atoms with Crippen molar-refractivity contribution < 1.29 is 9.13 Å². The van der Waals surface area contributed by atoms with E-state index >= 15 is 0 Å². The van der Waals surface area contributed by atoms with E-state index in [9.17, 15) is 4.39 Å². The zero-order valence-corrected chi connectivity index (χ0v) is 5.97. The molecule has 0 atom stereocenters. The summed E-state index contributed by atoms with van der Waals surface area (Å²) < 4.78 is 17.0. The largest absolute Gasteiger partial charge is 0.388 e. The summed E-state index contributed by atoms with van der Waals surface area (Å²) in [6, 6.07) is 3.99. The summed E-state index contributed by atoms with van der Waals surface area (Å²) in [6.45, 7) is 1.68. The first kappa shape index (κ1) is 7.55. The first-order chi connectivity index (χ1) is 5.24. The van der Waals surface area contributed by atoms with Crippen molar-refractivity contribution >= 4 is 0 Å². The van der Waals surface area contributed by atoms with E-state index in [1.54, 1.807) is 6.92 Å². The van der Waals surface area contributed by atoms with Gasteiger partial charge in [-0.2, -0.15) is 0 Å². The molecule has 0 amide bonds. The minimum absolute atomic E-state index is 0.326. The Hall–Kier alpha value is -1.56. The van der Waals surface area contributed by atoms with Crippen molar-refractivity contribution in [3.8, 4) is 12.0 Å². The van der Waals surface area contributed by atoms with Crippen molar-refractivity contribution in [2.45, 2.75) is 6.92 Å². The van der Waals surface area contributed by atoms with Crippen molar-refractivity contribution in [1.29, 1.82) is 5.26 Å². The molecule has 0 aliphatic rings. The van der Waals surface area contributed by atoms with Crippen LogP contribution in [0, 0.1) is 24.3 Å². The van der Waals surface area contributed by atoms with Crippen LogP contribution < -0.4 is 4.74 Å². The Kier molecular flexibility index (Phi) is 2.07. The molecule has 0 spiro atoms. The smallest absolute Gasteiger partial charge is 0.292 e. The quantitative estimate of drug-likeness (QED) is 0.575. The molecule has 11 heavy (non-hydrogen) atoms. The minimum atomic E-state index is -0.326. The fraction of sp³-hybridized carbons (Fsp3) is 0.125. The molecule has 0 aliphatic carbocycles. The Morgan fingerprint density at radius 1 is 1.55 bits per heavy atom. The highest BCUT2D eigenvalue weighted by Crippen LogP contribution is 2.17. The van der Waals surface area contributed by atoms with Crippen LogP contribution in [-0.2, 0) is 0 Å². The van der Waals surface area contributed by atoms with E-state index in [0.29, 0.717) is 11.3 Å². The molecule has 0 fully saturated rings. The van der Waals surface area contributed by atoms with Crippen LogP contribution in [0.3, 0.4) is 0 Å². The van der Waals surface area contributed by atoms with Gasteiger partial charge in [0.2, 0.25) is 0 Å². The molecule has 0 aromatic heterocycles. The standard InChI is InChI=1S/C8H6FNO/c1-6-4-7(9)2-3-8(6)11-5-10/h2-4H,1H3. The molecular weight excluding hydrogens is 145 g/mol. The van der Waals surface area contributed by atoms with Crippen LogP contribution in [0.1, 0.15) is 5.56 Å². The predicted octanol–water partition coefficient (Wildman–Crippen LogP) is 1.99. The molecule has 2 nitrogen and oxygen atoms in total. The number of aryl methyl sites for hydroxylation is 1. The summed E-state index contributed by atoms with van der Waals surface area (Å²) in [5.41, 5.74) is 0.617. The second kappa shape index (κ2) is 3.02. The first-order valence-corrected chi connectivity index (χ1v) is 3.06. The summed E-state index contributed by atoms with van der Waals surface area (Å²) in [5, 5.41) is 8.15. The van der Waals surface area contributed by atoms with E-state index in [2.05, 4.69) is 4.74 Å². The van der Waals surface area contributed by atoms with Crippen molar-refractivity contribution in [3.05, 3.63) is 29.6 Å². The van der Waals surface area contributed by atoms with Gasteiger partial charge in [0.1, 0.15) is 11.6 Å². The maximum atomic E-state index is 12.4. The lowest BCUT2D eigenvalue weighted by Gasteiger charge is -1.99. The molecule has 1 aromatic rings. The highest BCUT2D eigenvalue weighted by Gasteiger charge is 1.99. The molecule has 56 valence electrons. The maximum Gasteiger partial charge on any atom is 0.292 e. The maximum absolute atomic E-state index is 12.4. The Balaban J connectivity index is 3.01. The number of halogens is 1. The second-order valence-electron chi connectivity index (χ2n) is 2.10. The van der Waals surface area contributed by atoms with Gasteiger partial charge < -0.3 is 4.74 Å². The monoisotopic (exact) mass is 151 g/mol. The molecule has 0 bridgehead atoms. The van der Waals surface area contributed by atoms with Crippen LogP contribution in [0.5, 0.6) is 5.75 Å². The van der Waals surface area contributed by atoms with Crippen molar-refractivity contribution in [3.63, 3.8) is 0 Å². The molecule has 0 aliphatic heterocycles. The summed E-state index contributed by atoms with van der Waals surface area (Å²) in [7, 11) is 0. The molecule has 0 N–H and O–H groups in total. The normalized spacial score (nSPS) is 8.82. The highest BCUT2D eigenvalue weighted by molar-refractivity contribution is 5.33. The van der Waals surface area contributed by atoms with Crippen molar-refractivity contribution in [2.24, 2.45) is 0 Å². The summed E-state index contributed by atoms with van der Waals surface area (Å²) in [6.07, 6.45) is 1.52. The Labute approximate surface area is 63.8 Å². The van der Waals surface area contributed by atoms with E-state index < -0.39 is 0 Å². The minimum Gasteiger partial charge on any atom is -0.388 e. The third-order valence-corrected chi connectivity index (χ3v) is 1.29. The first-order valence-electron chi connectivity index (χ1n) is 3.06. The van der Waals surface area contributed by atoms with Gasteiger partial charge in [0, 0.05) is 0 Å². The van der Waals surface area contributed by atoms with Gasteiger partial charge >= 0.3 is 0 Å². The Morgan fingerprint density at radius 3 is 2.82 bits per heavy atom. The van der Waals surface area contributed by atoms with E-state index in [1.807, 2.05) is 0 Å². The number of ether oxygens (including phenoxy) is 1. The number of nitriles is 1. The van der Waals surface area contributed by atoms with Crippen LogP contribution >= 0.6 is 0 Å². The van der Waals surface area contributed by atoms with E-state index in [1.165, 1.54) is 24.5 Å². The topological polar surface area (TPSA) is 33.0 Å². The molecule has 0 heterocycles. The van der Waals surface area contributed by atoms with Crippen LogP contribution in [0.4, 0.5) is 4.39 Å². The van der Waals surface area contributed by atoms with Gasteiger partial charge in [0.15, 0.2) is 0 Å². The average Bonchev–Trinajstić information content (AvgIpc) is 1.95. The Morgan fingerprint density at radius 2 is 2.27 bits per heavy atom. The zero-order valence-electron chi connectivity index (χ0n) is 5.97. The van der Waals surface area contributed by atoms with Gasteiger partial charge in [-0.1, -0.05) is 0 Å². The Bertz CT molecular complexity index is 303. The molecule has 1 rings (SSSR count). The molecule has 3 heteroatoms. The number of nitrogens with zero attached hydrogens (tertiary/aromatic N) is 1. The molecule has 0 radical (unpaired) electrons. The molecule has 0 saturated carbocycles. The number of hydrogen-bond acceptors (Lipinski definition) is 2. The van der Waals surface area contributed by atoms with E-state index in [0.717, 1.165) is 0 Å². The third-order valence-electron chi connectivity index (χ3n) is 1.29. The molecular formula is C8H6FNO. The van der Waals surface area contributed by atoms with Gasteiger partial charge in [-0.15, -0.1) is 5.26 Å². The van der Waals surface area contributed by atoms with Gasteiger partial charge in [-0.25, -0.2) is 4.39 Å². The summed E-state index contributed by atoms with van der Waals surface area (Å²) in [4.78, 5) is 0. The van der Waals surface area contributed by atoms with Crippen LogP contribution in [0.25, 0.3) is 0 Å². The van der Waals surface area contributed by atoms with E-state index in [-0.39, 0.29) is 5.82 Å². The van der Waals surface area contributed by atoms with Crippen LogP contribution in [-0.4, -0.2) is 0 Å². The van der Waals surface area contributed by atoms with E-state index in [4.69, 9.17) is 5.26 Å². The van der Waals surface area contributed by atoms with Crippen molar-refractivity contribution in [1.82, 2.24) is 0 Å². The summed E-state index contributed by atoms with van der Waals surface area (Å²) in [5.74, 6) is 0.0710. The number of rotatable bonds is 1. The van der Waals surface area contributed by atoms with Gasteiger partial charge in [0.25, 0.3) is 6.26 Å². The highest BCUT2D eigenvalue weighted by atomic mass is 19.1. The third kappa shape index (κ3) is 1.68.